The van der Waals surface area contributed by atoms with Crippen molar-refractivity contribution in [3.05, 3.63) is 16.4 Å². The predicted octanol–water partition coefficient (Wildman–Crippen LogP) is 3.27. The number of ether oxygens (including phenoxy) is 1. The molecular weight excluding hydrogens is 318 g/mol. The molecule has 1 aromatic rings. The molecule has 2 bridgehead atoms. The van der Waals surface area contributed by atoms with Gasteiger partial charge >= 0.3 is 0 Å². The average Bonchev–Trinajstić information content (AvgIpc) is 3.15. The summed E-state index contributed by atoms with van der Waals surface area (Å²) in [6.07, 6.45) is 7.65. The molecule has 0 aliphatic carbocycles. The summed E-state index contributed by atoms with van der Waals surface area (Å²) in [6.45, 7) is 6.32. The first-order valence-corrected chi connectivity index (χ1v) is 8.63. The summed E-state index contributed by atoms with van der Waals surface area (Å²) in [4.78, 5) is 0. The lowest BCUT2D eigenvalue weighted by molar-refractivity contribution is 0.0849. The van der Waals surface area contributed by atoms with Gasteiger partial charge in [0, 0.05) is 12.5 Å². The molecule has 5 heteroatoms. The zero-order valence-corrected chi connectivity index (χ0v) is 13.9. The highest BCUT2D eigenvalue weighted by atomic mass is 79.9. The summed E-state index contributed by atoms with van der Waals surface area (Å²) in [7, 11) is 0. The molecule has 0 aromatic carbocycles. The Balaban J connectivity index is 1.87. The van der Waals surface area contributed by atoms with E-state index in [1.54, 1.807) is 0 Å². The minimum atomic E-state index is 0.349. The number of nitrogens with zero attached hydrogens (tertiary/aromatic N) is 2. The molecule has 0 saturated carbocycles. The molecule has 4 nitrogen and oxygen atoms in total. The molecule has 1 aromatic heterocycles. The van der Waals surface area contributed by atoms with Gasteiger partial charge in [0.2, 0.25) is 0 Å². The first-order chi connectivity index (χ1) is 9.74. The second-order valence-corrected chi connectivity index (χ2v) is 6.75. The molecule has 0 spiro atoms. The minimum absolute atomic E-state index is 0.349. The fourth-order valence-electron chi connectivity index (χ4n) is 3.71. The summed E-state index contributed by atoms with van der Waals surface area (Å²) >= 11 is 3.69. The fourth-order valence-corrected chi connectivity index (χ4v) is 4.25. The molecule has 2 aliphatic heterocycles. The molecule has 4 atom stereocenters. The summed E-state index contributed by atoms with van der Waals surface area (Å²) in [5, 5.41) is 8.23. The molecule has 0 radical (unpaired) electrons. The van der Waals surface area contributed by atoms with E-state index in [0.717, 1.165) is 24.0 Å². The standard InChI is InChI=1S/C15H24BrN3O/c1-3-7-17-14(11-8-10-5-6-13(11)20-10)15-12(16)9-18-19(15)4-2/h9-11,13-14,17H,3-8H2,1-2H3. The van der Waals surface area contributed by atoms with Gasteiger partial charge in [0.15, 0.2) is 0 Å². The van der Waals surface area contributed by atoms with E-state index in [1.165, 1.54) is 25.0 Å². The van der Waals surface area contributed by atoms with Crippen LogP contribution in [0.15, 0.2) is 10.7 Å². The summed E-state index contributed by atoms with van der Waals surface area (Å²) < 4.78 is 9.31. The van der Waals surface area contributed by atoms with E-state index in [4.69, 9.17) is 4.74 Å². The van der Waals surface area contributed by atoms with E-state index in [2.05, 4.69) is 44.9 Å². The van der Waals surface area contributed by atoms with Gasteiger partial charge in [-0.15, -0.1) is 0 Å². The Kier molecular flexibility index (Phi) is 4.48. The molecule has 112 valence electrons. The number of nitrogens with one attached hydrogen (secondary N) is 1. The Morgan fingerprint density at radius 3 is 2.95 bits per heavy atom. The molecular formula is C15H24BrN3O. The van der Waals surface area contributed by atoms with Gasteiger partial charge in [-0.1, -0.05) is 6.92 Å². The minimum Gasteiger partial charge on any atom is -0.375 e. The van der Waals surface area contributed by atoms with Crippen molar-refractivity contribution >= 4 is 15.9 Å². The monoisotopic (exact) mass is 341 g/mol. The van der Waals surface area contributed by atoms with Crippen LogP contribution in [0.2, 0.25) is 0 Å². The van der Waals surface area contributed by atoms with Crippen LogP contribution in [0.25, 0.3) is 0 Å². The third kappa shape index (κ3) is 2.55. The fraction of sp³-hybridized carbons (Fsp3) is 0.800. The van der Waals surface area contributed by atoms with Gasteiger partial charge in [-0.3, -0.25) is 4.68 Å². The Morgan fingerprint density at radius 1 is 1.50 bits per heavy atom. The quantitative estimate of drug-likeness (QED) is 0.862. The van der Waals surface area contributed by atoms with Crippen LogP contribution in [0, 0.1) is 5.92 Å². The van der Waals surface area contributed by atoms with Crippen LogP contribution < -0.4 is 5.32 Å². The molecule has 20 heavy (non-hydrogen) atoms. The summed E-state index contributed by atoms with van der Waals surface area (Å²) in [6, 6.07) is 0.349. The van der Waals surface area contributed by atoms with Crippen LogP contribution >= 0.6 is 15.9 Å². The van der Waals surface area contributed by atoms with Crippen molar-refractivity contribution in [1.82, 2.24) is 15.1 Å². The molecule has 3 rings (SSSR count). The highest BCUT2D eigenvalue weighted by molar-refractivity contribution is 9.10. The zero-order chi connectivity index (χ0) is 14.1. The van der Waals surface area contributed by atoms with Crippen molar-refractivity contribution in [1.29, 1.82) is 0 Å². The molecule has 2 saturated heterocycles. The summed E-state index contributed by atoms with van der Waals surface area (Å²) in [5.74, 6) is 0.582. The van der Waals surface area contributed by atoms with E-state index in [9.17, 15) is 0 Å². The molecule has 0 amide bonds. The van der Waals surface area contributed by atoms with Crippen molar-refractivity contribution in [3.63, 3.8) is 0 Å². The van der Waals surface area contributed by atoms with Gasteiger partial charge in [0.05, 0.1) is 34.6 Å². The number of aryl methyl sites for hydroxylation is 1. The Morgan fingerprint density at radius 2 is 2.35 bits per heavy atom. The Labute approximate surface area is 129 Å². The highest BCUT2D eigenvalue weighted by Gasteiger charge is 2.45. The second-order valence-electron chi connectivity index (χ2n) is 5.90. The molecule has 2 aliphatic rings. The van der Waals surface area contributed by atoms with Gasteiger partial charge in [-0.2, -0.15) is 5.10 Å². The molecule has 1 N–H and O–H groups in total. The van der Waals surface area contributed by atoms with Gasteiger partial charge in [0.25, 0.3) is 0 Å². The van der Waals surface area contributed by atoms with Gasteiger partial charge in [-0.25, -0.2) is 0 Å². The van der Waals surface area contributed by atoms with E-state index in [-0.39, 0.29) is 0 Å². The lowest BCUT2D eigenvalue weighted by atomic mass is 9.82. The van der Waals surface area contributed by atoms with Crippen LogP contribution in [0.4, 0.5) is 0 Å². The Bertz CT molecular complexity index is 462. The topological polar surface area (TPSA) is 39.1 Å². The van der Waals surface area contributed by atoms with E-state index in [1.807, 2.05) is 6.20 Å². The number of halogens is 1. The maximum atomic E-state index is 6.07. The Hall–Kier alpha value is -0.390. The SMILES string of the molecule is CCCNC(c1c(Br)cnn1CC)C1CC2CCC1O2. The van der Waals surface area contributed by atoms with Crippen molar-refractivity contribution < 1.29 is 4.74 Å². The van der Waals surface area contributed by atoms with Crippen molar-refractivity contribution in [2.45, 2.75) is 64.3 Å². The number of fused-ring (bicyclic) bond motifs is 2. The maximum Gasteiger partial charge on any atom is 0.0699 e. The van der Waals surface area contributed by atoms with Crippen LogP contribution in [-0.2, 0) is 11.3 Å². The number of hydrogen-bond donors (Lipinski definition) is 1. The van der Waals surface area contributed by atoms with Crippen LogP contribution in [-0.4, -0.2) is 28.5 Å². The number of rotatable bonds is 6. The molecule has 4 unspecified atom stereocenters. The van der Waals surface area contributed by atoms with Crippen molar-refractivity contribution in [2.75, 3.05) is 6.54 Å². The molecule has 2 fully saturated rings. The van der Waals surface area contributed by atoms with E-state index in [0.29, 0.717) is 24.2 Å². The first-order valence-electron chi connectivity index (χ1n) is 7.84. The first kappa shape index (κ1) is 14.5. The normalized spacial score (nSPS) is 30.1. The number of hydrogen-bond acceptors (Lipinski definition) is 3. The largest absolute Gasteiger partial charge is 0.375 e. The highest BCUT2D eigenvalue weighted by Crippen LogP contribution is 2.45. The van der Waals surface area contributed by atoms with Gasteiger partial charge in [0.1, 0.15) is 0 Å². The number of aromatic nitrogens is 2. The second kappa shape index (κ2) is 6.16. The van der Waals surface area contributed by atoms with E-state index < -0.39 is 0 Å². The maximum absolute atomic E-state index is 6.07. The van der Waals surface area contributed by atoms with Crippen LogP contribution in [0.3, 0.4) is 0 Å². The van der Waals surface area contributed by atoms with Crippen molar-refractivity contribution in [3.8, 4) is 0 Å². The van der Waals surface area contributed by atoms with Crippen LogP contribution in [0.1, 0.15) is 51.3 Å². The predicted molar refractivity (Wildman–Crippen MR) is 82.6 cm³/mol. The molecule has 3 heterocycles. The lowest BCUT2D eigenvalue weighted by Gasteiger charge is -2.30. The summed E-state index contributed by atoms with van der Waals surface area (Å²) in [5.41, 5.74) is 1.29. The van der Waals surface area contributed by atoms with Gasteiger partial charge in [-0.05, 0) is 55.1 Å². The lowest BCUT2D eigenvalue weighted by Crippen LogP contribution is -2.36. The van der Waals surface area contributed by atoms with Gasteiger partial charge < -0.3 is 10.1 Å². The van der Waals surface area contributed by atoms with E-state index >= 15 is 0 Å². The smallest absolute Gasteiger partial charge is 0.0699 e. The third-order valence-electron chi connectivity index (χ3n) is 4.62. The van der Waals surface area contributed by atoms with Crippen molar-refractivity contribution in [2.24, 2.45) is 5.92 Å². The average molecular weight is 342 g/mol. The third-order valence-corrected chi connectivity index (χ3v) is 5.23. The zero-order valence-electron chi connectivity index (χ0n) is 12.3. The van der Waals surface area contributed by atoms with Crippen LogP contribution in [0.5, 0.6) is 0 Å².